The standard InChI is InChI=1S/C25H23ClN2O3/c1-28(16-17-3-4-20-14-22(30-2)10-7-19(20)13-17)25(29)12-11-24-27-15-23(31-24)18-5-8-21(26)9-6-18/h3-10,13-15H,11-12,16H2,1-2H3. The minimum atomic E-state index is 0.0427. The summed E-state index contributed by atoms with van der Waals surface area (Å²) in [4.78, 5) is 18.6. The zero-order chi connectivity index (χ0) is 21.8. The van der Waals surface area contributed by atoms with E-state index >= 15 is 0 Å². The van der Waals surface area contributed by atoms with Gasteiger partial charge in [-0.1, -0.05) is 29.8 Å². The number of nitrogens with zero attached hydrogens (tertiary/aromatic N) is 2. The van der Waals surface area contributed by atoms with Gasteiger partial charge < -0.3 is 14.1 Å². The van der Waals surface area contributed by atoms with E-state index in [1.165, 1.54) is 0 Å². The number of fused-ring (bicyclic) bond motifs is 1. The van der Waals surface area contributed by atoms with Gasteiger partial charge in [-0.15, -0.1) is 0 Å². The second-order valence-electron chi connectivity index (χ2n) is 7.42. The number of carbonyl (C=O) groups excluding carboxylic acids is 1. The first-order valence-electron chi connectivity index (χ1n) is 10.0. The average molecular weight is 435 g/mol. The Balaban J connectivity index is 1.34. The molecule has 0 bridgehead atoms. The fraction of sp³-hybridized carbons (Fsp3) is 0.200. The lowest BCUT2D eigenvalue weighted by molar-refractivity contribution is -0.130. The summed E-state index contributed by atoms with van der Waals surface area (Å²) >= 11 is 5.92. The van der Waals surface area contributed by atoms with Gasteiger partial charge in [0.25, 0.3) is 0 Å². The molecule has 4 rings (SSSR count). The quantitative estimate of drug-likeness (QED) is 0.371. The maximum absolute atomic E-state index is 12.6. The predicted molar refractivity (Wildman–Crippen MR) is 122 cm³/mol. The summed E-state index contributed by atoms with van der Waals surface area (Å²) in [5, 5.41) is 2.90. The summed E-state index contributed by atoms with van der Waals surface area (Å²) in [5.74, 6) is 2.09. The van der Waals surface area contributed by atoms with Crippen LogP contribution < -0.4 is 4.74 Å². The molecule has 1 aromatic heterocycles. The van der Waals surface area contributed by atoms with Crippen LogP contribution in [-0.4, -0.2) is 29.9 Å². The van der Waals surface area contributed by atoms with Gasteiger partial charge in [0, 0.05) is 37.0 Å². The van der Waals surface area contributed by atoms with E-state index in [9.17, 15) is 4.79 Å². The maximum atomic E-state index is 12.6. The van der Waals surface area contributed by atoms with Gasteiger partial charge in [0.05, 0.1) is 13.3 Å². The van der Waals surface area contributed by atoms with E-state index in [1.54, 1.807) is 30.3 Å². The molecule has 5 nitrogen and oxygen atoms in total. The van der Waals surface area contributed by atoms with E-state index in [2.05, 4.69) is 17.1 Å². The molecule has 6 heteroatoms. The molecule has 1 heterocycles. The molecule has 0 saturated heterocycles. The van der Waals surface area contributed by atoms with Gasteiger partial charge in [-0.2, -0.15) is 0 Å². The van der Waals surface area contributed by atoms with E-state index < -0.39 is 0 Å². The highest BCUT2D eigenvalue weighted by molar-refractivity contribution is 6.30. The Bertz CT molecular complexity index is 1200. The van der Waals surface area contributed by atoms with Crippen molar-refractivity contribution in [3.05, 3.63) is 83.3 Å². The third-order valence-corrected chi connectivity index (χ3v) is 5.44. The third kappa shape index (κ3) is 5.06. The molecule has 3 aromatic carbocycles. The highest BCUT2D eigenvalue weighted by Gasteiger charge is 2.13. The fourth-order valence-corrected chi connectivity index (χ4v) is 3.56. The van der Waals surface area contributed by atoms with Gasteiger partial charge in [0.1, 0.15) is 5.75 Å². The van der Waals surface area contributed by atoms with Crippen LogP contribution in [-0.2, 0) is 17.8 Å². The Kier molecular flexibility index (Phi) is 6.23. The molecule has 0 radical (unpaired) electrons. The predicted octanol–water partition coefficient (Wildman–Crippen LogP) is 5.75. The zero-order valence-corrected chi connectivity index (χ0v) is 18.2. The summed E-state index contributed by atoms with van der Waals surface area (Å²) in [7, 11) is 3.47. The lowest BCUT2D eigenvalue weighted by Gasteiger charge is -2.17. The van der Waals surface area contributed by atoms with E-state index in [0.717, 1.165) is 27.6 Å². The monoisotopic (exact) mass is 434 g/mol. The Hall–Kier alpha value is -3.31. The number of rotatable bonds is 7. The van der Waals surface area contributed by atoms with Crippen LogP contribution in [0.15, 0.2) is 71.3 Å². The number of methoxy groups -OCH3 is 1. The van der Waals surface area contributed by atoms with Crippen molar-refractivity contribution in [2.75, 3.05) is 14.2 Å². The van der Waals surface area contributed by atoms with Crippen LogP contribution in [0.2, 0.25) is 5.02 Å². The van der Waals surface area contributed by atoms with E-state index in [-0.39, 0.29) is 5.91 Å². The van der Waals surface area contributed by atoms with Gasteiger partial charge in [-0.3, -0.25) is 4.79 Å². The molecule has 1 amide bonds. The smallest absolute Gasteiger partial charge is 0.223 e. The van der Waals surface area contributed by atoms with Crippen molar-refractivity contribution >= 4 is 28.3 Å². The Labute approximate surface area is 186 Å². The second-order valence-corrected chi connectivity index (χ2v) is 7.86. The normalized spacial score (nSPS) is 10.9. The van der Waals surface area contributed by atoms with Gasteiger partial charge in [0.2, 0.25) is 5.91 Å². The van der Waals surface area contributed by atoms with Crippen molar-refractivity contribution in [3.8, 4) is 17.1 Å². The summed E-state index contributed by atoms with van der Waals surface area (Å²) in [6.07, 6.45) is 2.47. The van der Waals surface area contributed by atoms with Crippen LogP contribution in [0.25, 0.3) is 22.1 Å². The third-order valence-electron chi connectivity index (χ3n) is 5.19. The molecule has 0 aliphatic carbocycles. The number of oxazole rings is 1. The molecule has 0 aliphatic rings. The Morgan fingerprint density at radius 2 is 1.81 bits per heavy atom. The molecule has 0 N–H and O–H groups in total. The van der Waals surface area contributed by atoms with Crippen LogP contribution in [0, 0.1) is 0 Å². The molecule has 0 aliphatic heterocycles. The largest absolute Gasteiger partial charge is 0.497 e. The first kappa shape index (κ1) is 20.9. The van der Waals surface area contributed by atoms with Gasteiger partial charge in [-0.05, 0) is 58.8 Å². The molecule has 0 unspecified atom stereocenters. The molecule has 0 fully saturated rings. The number of ether oxygens (including phenoxy) is 1. The van der Waals surface area contributed by atoms with E-state index in [0.29, 0.717) is 36.1 Å². The molecule has 31 heavy (non-hydrogen) atoms. The van der Waals surface area contributed by atoms with Crippen molar-refractivity contribution in [1.82, 2.24) is 9.88 Å². The number of hydrogen-bond acceptors (Lipinski definition) is 4. The topological polar surface area (TPSA) is 55.6 Å². The molecule has 0 atom stereocenters. The Morgan fingerprint density at radius 3 is 2.58 bits per heavy atom. The number of carbonyl (C=O) groups is 1. The summed E-state index contributed by atoms with van der Waals surface area (Å²) in [6, 6.07) is 19.5. The summed E-state index contributed by atoms with van der Waals surface area (Å²) < 4.78 is 11.1. The molecule has 0 spiro atoms. The lowest BCUT2D eigenvalue weighted by atomic mass is 10.1. The first-order valence-corrected chi connectivity index (χ1v) is 10.4. The van der Waals surface area contributed by atoms with Crippen LogP contribution in [0.5, 0.6) is 5.75 Å². The molecular formula is C25H23ClN2O3. The first-order chi connectivity index (χ1) is 15.0. The molecule has 158 valence electrons. The van der Waals surface area contributed by atoms with Gasteiger partial charge >= 0.3 is 0 Å². The highest BCUT2D eigenvalue weighted by Crippen LogP contribution is 2.24. The number of amides is 1. The van der Waals surface area contributed by atoms with Crippen molar-refractivity contribution in [3.63, 3.8) is 0 Å². The van der Waals surface area contributed by atoms with Crippen molar-refractivity contribution in [2.24, 2.45) is 0 Å². The second kappa shape index (κ2) is 9.23. The lowest BCUT2D eigenvalue weighted by Crippen LogP contribution is -2.26. The van der Waals surface area contributed by atoms with Crippen molar-refractivity contribution in [2.45, 2.75) is 19.4 Å². The van der Waals surface area contributed by atoms with Gasteiger partial charge in [-0.25, -0.2) is 4.98 Å². The molecule has 0 saturated carbocycles. The van der Waals surface area contributed by atoms with Gasteiger partial charge in [0.15, 0.2) is 11.7 Å². The number of benzene rings is 3. The van der Waals surface area contributed by atoms with E-state index in [4.69, 9.17) is 20.8 Å². The Morgan fingerprint density at radius 1 is 1.06 bits per heavy atom. The van der Waals surface area contributed by atoms with Crippen LogP contribution in [0.4, 0.5) is 0 Å². The van der Waals surface area contributed by atoms with Crippen LogP contribution >= 0.6 is 11.6 Å². The van der Waals surface area contributed by atoms with E-state index in [1.807, 2.05) is 43.4 Å². The van der Waals surface area contributed by atoms with Crippen LogP contribution in [0.1, 0.15) is 17.9 Å². The number of aryl methyl sites for hydroxylation is 1. The van der Waals surface area contributed by atoms with Crippen molar-refractivity contribution < 1.29 is 13.9 Å². The fourth-order valence-electron chi connectivity index (χ4n) is 3.44. The summed E-state index contributed by atoms with van der Waals surface area (Å²) in [6.45, 7) is 0.544. The number of aromatic nitrogens is 1. The zero-order valence-electron chi connectivity index (χ0n) is 17.5. The number of hydrogen-bond donors (Lipinski definition) is 0. The molecular weight excluding hydrogens is 412 g/mol. The SMILES string of the molecule is COc1ccc2cc(CN(C)C(=O)CCc3ncc(-c4ccc(Cl)cc4)o3)ccc2c1. The minimum Gasteiger partial charge on any atom is -0.497 e. The maximum Gasteiger partial charge on any atom is 0.223 e. The minimum absolute atomic E-state index is 0.0427. The number of halogens is 1. The molecule has 4 aromatic rings. The average Bonchev–Trinajstić information content (AvgIpc) is 3.26. The van der Waals surface area contributed by atoms with Crippen LogP contribution in [0.3, 0.4) is 0 Å². The summed E-state index contributed by atoms with van der Waals surface area (Å²) in [5.41, 5.74) is 1.98. The highest BCUT2D eigenvalue weighted by atomic mass is 35.5. The van der Waals surface area contributed by atoms with Crippen molar-refractivity contribution in [1.29, 1.82) is 0 Å².